The van der Waals surface area contributed by atoms with E-state index in [2.05, 4.69) is 21.3 Å². The molecule has 0 aliphatic carbocycles. The number of likely N-dealkylation sites (N-methyl/N-ethyl adjacent to an activating group) is 1. The molecular formula is C10H17N7O. The average molecular weight is 251 g/mol. The fourth-order valence-electron chi connectivity index (χ4n) is 1.47. The zero-order valence-corrected chi connectivity index (χ0v) is 10.3. The Labute approximate surface area is 105 Å². The van der Waals surface area contributed by atoms with Gasteiger partial charge < -0.3 is 4.90 Å². The fourth-order valence-corrected chi connectivity index (χ4v) is 1.47. The lowest BCUT2D eigenvalue weighted by Gasteiger charge is -2.18. The Morgan fingerprint density at radius 3 is 3.06 bits per heavy atom. The number of aromatic nitrogens is 3. The first-order valence-electron chi connectivity index (χ1n) is 5.71. The van der Waals surface area contributed by atoms with Crippen LogP contribution >= 0.6 is 0 Å². The highest BCUT2D eigenvalue weighted by Gasteiger charge is 2.09. The van der Waals surface area contributed by atoms with E-state index in [1.807, 2.05) is 12.3 Å². The molecule has 1 heterocycles. The maximum absolute atomic E-state index is 11.2. The normalized spacial score (nSPS) is 10.3. The molecule has 1 amide bonds. The van der Waals surface area contributed by atoms with Crippen molar-refractivity contribution in [1.82, 2.24) is 25.3 Å². The van der Waals surface area contributed by atoms with Crippen LogP contribution in [0.4, 0.5) is 0 Å². The molecule has 0 unspecified atom stereocenters. The SMILES string of the molecule is CCN(CCC#N)CCn1cc(C(=O)NN)nn1. The first-order valence-corrected chi connectivity index (χ1v) is 5.71. The lowest BCUT2D eigenvalue weighted by atomic mass is 10.4. The summed E-state index contributed by atoms with van der Waals surface area (Å²) in [5.74, 6) is 4.54. The van der Waals surface area contributed by atoms with Crippen molar-refractivity contribution in [1.29, 1.82) is 5.26 Å². The number of hydrogen-bond acceptors (Lipinski definition) is 6. The van der Waals surface area contributed by atoms with Crippen molar-refractivity contribution in [2.75, 3.05) is 19.6 Å². The first kappa shape index (κ1) is 14.1. The lowest BCUT2D eigenvalue weighted by molar-refractivity contribution is 0.0948. The van der Waals surface area contributed by atoms with Crippen LogP contribution in [0.3, 0.4) is 0 Å². The van der Waals surface area contributed by atoms with Gasteiger partial charge in [0.05, 0.1) is 18.8 Å². The van der Waals surface area contributed by atoms with Crippen LogP contribution in [0.1, 0.15) is 23.8 Å². The molecule has 1 rings (SSSR count). The summed E-state index contributed by atoms with van der Waals surface area (Å²) in [7, 11) is 0. The number of nitrogens with two attached hydrogens (primary N) is 1. The molecule has 0 aliphatic rings. The highest BCUT2D eigenvalue weighted by molar-refractivity contribution is 5.91. The molecule has 1 aromatic rings. The van der Waals surface area contributed by atoms with Crippen molar-refractivity contribution in [3.8, 4) is 6.07 Å². The van der Waals surface area contributed by atoms with Crippen molar-refractivity contribution in [2.24, 2.45) is 5.84 Å². The van der Waals surface area contributed by atoms with Gasteiger partial charge in [-0.1, -0.05) is 12.1 Å². The van der Waals surface area contributed by atoms with Gasteiger partial charge in [0.1, 0.15) is 0 Å². The van der Waals surface area contributed by atoms with Crippen LogP contribution in [0.5, 0.6) is 0 Å². The van der Waals surface area contributed by atoms with E-state index in [0.717, 1.165) is 19.6 Å². The second-order valence-electron chi connectivity index (χ2n) is 3.68. The first-order chi connectivity index (χ1) is 8.71. The monoisotopic (exact) mass is 251 g/mol. The molecule has 0 saturated carbocycles. The predicted octanol–water partition coefficient (Wildman–Crippen LogP) is -0.883. The summed E-state index contributed by atoms with van der Waals surface area (Å²) >= 11 is 0. The van der Waals surface area contributed by atoms with E-state index >= 15 is 0 Å². The molecule has 98 valence electrons. The van der Waals surface area contributed by atoms with E-state index in [1.54, 1.807) is 10.9 Å². The van der Waals surface area contributed by atoms with Crippen LogP contribution in [0.2, 0.25) is 0 Å². The highest BCUT2D eigenvalue weighted by atomic mass is 16.2. The smallest absolute Gasteiger partial charge is 0.287 e. The largest absolute Gasteiger partial charge is 0.301 e. The minimum Gasteiger partial charge on any atom is -0.301 e. The van der Waals surface area contributed by atoms with E-state index in [9.17, 15) is 4.79 Å². The van der Waals surface area contributed by atoms with E-state index < -0.39 is 5.91 Å². The van der Waals surface area contributed by atoms with Gasteiger partial charge in [0.15, 0.2) is 5.69 Å². The molecular weight excluding hydrogens is 234 g/mol. The molecule has 0 spiro atoms. The van der Waals surface area contributed by atoms with Crippen LogP contribution in [0.15, 0.2) is 6.20 Å². The number of nitrogens with zero attached hydrogens (tertiary/aromatic N) is 5. The molecule has 0 atom stereocenters. The number of hydrogen-bond donors (Lipinski definition) is 2. The molecule has 1 aromatic heterocycles. The number of carbonyl (C=O) groups is 1. The maximum Gasteiger partial charge on any atom is 0.287 e. The molecule has 0 aliphatic heterocycles. The Balaban J connectivity index is 2.45. The summed E-state index contributed by atoms with van der Waals surface area (Å²) in [4.78, 5) is 13.3. The van der Waals surface area contributed by atoms with E-state index in [4.69, 9.17) is 11.1 Å². The number of nitrogens with one attached hydrogen (secondary N) is 1. The van der Waals surface area contributed by atoms with Crippen molar-refractivity contribution in [3.63, 3.8) is 0 Å². The van der Waals surface area contributed by atoms with Gasteiger partial charge in [-0.3, -0.25) is 14.9 Å². The van der Waals surface area contributed by atoms with Crippen molar-refractivity contribution >= 4 is 5.91 Å². The van der Waals surface area contributed by atoms with Gasteiger partial charge in [0, 0.05) is 19.5 Å². The number of hydrazine groups is 1. The standard InChI is InChI=1S/C10H17N7O/c1-2-16(5-3-4-11)6-7-17-8-9(14-15-17)10(18)13-12/h8H,2-3,5-7,12H2,1H3,(H,13,18). The van der Waals surface area contributed by atoms with Crippen molar-refractivity contribution < 1.29 is 4.79 Å². The maximum atomic E-state index is 11.2. The fraction of sp³-hybridized carbons (Fsp3) is 0.600. The second kappa shape index (κ2) is 7.37. The Kier molecular flexibility index (Phi) is 5.76. The van der Waals surface area contributed by atoms with Crippen LogP contribution in [-0.4, -0.2) is 45.4 Å². The van der Waals surface area contributed by atoms with Gasteiger partial charge in [-0.2, -0.15) is 5.26 Å². The second-order valence-corrected chi connectivity index (χ2v) is 3.68. The number of nitrogen functional groups attached to an aromatic ring is 1. The molecule has 8 heteroatoms. The predicted molar refractivity (Wildman–Crippen MR) is 64.0 cm³/mol. The molecule has 0 saturated heterocycles. The van der Waals surface area contributed by atoms with Crippen LogP contribution in [0, 0.1) is 11.3 Å². The van der Waals surface area contributed by atoms with Crippen LogP contribution in [0.25, 0.3) is 0 Å². The Bertz CT molecular complexity index is 422. The third-order valence-corrected chi connectivity index (χ3v) is 2.53. The van der Waals surface area contributed by atoms with E-state index in [-0.39, 0.29) is 5.69 Å². The van der Waals surface area contributed by atoms with E-state index in [1.165, 1.54) is 0 Å². The minimum absolute atomic E-state index is 0.192. The Hall–Kier alpha value is -1.98. The quantitative estimate of drug-likeness (QED) is 0.369. The topological polar surface area (TPSA) is 113 Å². The number of carbonyl (C=O) groups excluding carboxylic acids is 1. The summed E-state index contributed by atoms with van der Waals surface area (Å²) in [6.45, 7) is 5.01. The third-order valence-electron chi connectivity index (χ3n) is 2.53. The van der Waals surface area contributed by atoms with Crippen LogP contribution in [-0.2, 0) is 6.54 Å². The van der Waals surface area contributed by atoms with E-state index in [0.29, 0.717) is 13.0 Å². The molecule has 0 aromatic carbocycles. The minimum atomic E-state index is -0.460. The highest BCUT2D eigenvalue weighted by Crippen LogP contribution is 1.95. The molecule has 3 N–H and O–H groups in total. The summed E-state index contributed by atoms with van der Waals surface area (Å²) < 4.78 is 1.58. The van der Waals surface area contributed by atoms with Crippen LogP contribution < -0.4 is 11.3 Å². The number of amides is 1. The number of nitriles is 1. The van der Waals surface area contributed by atoms with Gasteiger partial charge in [-0.25, -0.2) is 5.84 Å². The summed E-state index contributed by atoms with van der Waals surface area (Å²) in [5, 5.41) is 16.1. The van der Waals surface area contributed by atoms with Crippen molar-refractivity contribution in [3.05, 3.63) is 11.9 Å². The van der Waals surface area contributed by atoms with Gasteiger partial charge in [0.2, 0.25) is 0 Å². The summed E-state index contributed by atoms with van der Waals surface area (Å²) in [6, 6.07) is 2.11. The Morgan fingerprint density at radius 1 is 1.67 bits per heavy atom. The Morgan fingerprint density at radius 2 is 2.44 bits per heavy atom. The lowest BCUT2D eigenvalue weighted by Crippen LogP contribution is -2.30. The number of rotatable bonds is 7. The molecule has 0 fully saturated rings. The summed E-state index contributed by atoms with van der Waals surface area (Å²) in [5.41, 5.74) is 2.19. The molecule has 18 heavy (non-hydrogen) atoms. The molecule has 8 nitrogen and oxygen atoms in total. The van der Waals surface area contributed by atoms with Gasteiger partial charge in [-0.05, 0) is 6.54 Å². The van der Waals surface area contributed by atoms with Gasteiger partial charge >= 0.3 is 0 Å². The zero-order chi connectivity index (χ0) is 13.4. The molecule has 0 bridgehead atoms. The summed E-state index contributed by atoms with van der Waals surface area (Å²) in [6.07, 6.45) is 2.05. The van der Waals surface area contributed by atoms with Gasteiger partial charge in [0.25, 0.3) is 5.91 Å². The van der Waals surface area contributed by atoms with Crippen molar-refractivity contribution in [2.45, 2.75) is 19.9 Å². The van der Waals surface area contributed by atoms with Gasteiger partial charge in [-0.15, -0.1) is 5.10 Å². The zero-order valence-electron chi connectivity index (χ0n) is 10.3. The average Bonchev–Trinajstić information content (AvgIpc) is 2.87. The molecule has 0 radical (unpaired) electrons. The third kappa shape index (κ3) is 4.12.